The number of rotatable bonds is 15. The molecule has 0 radical (unpaired) electrons. The third-order valence-electron chi connectivity index (χ3n) is 14.5. The van der Waals surface area contributed by atoms with Gasteiger partial charge in [0.1, 0.15) is 17.2 Å². The summed E-state index contributed by atoms with van der Waals surface area (Å²) in [6.07, 6.45) is 5.14. The van der Waals surface area contributed by atoms with E-state index in [9.17, 15) is 14.4 Å². The highest BCUT2D eigenvalue weighted by Crippen LogP contribution is 2.46. The number of hydrogen-bond donors (Lipinski definition) is 3. The minimum absolute atomic E-state index is 0.297. The molecule has 6 heterocycles. The lowest BCUT2D eigenvalue weighted by Gasteiger charge is -2.13. The minimum atomic E-state index is -0.297. The van der Waals surface area contributed by atoms with Crippen molar-refractivity contribution in [3.8, 4) is 79.9 Å². The Morgan fingerprint density at radius 3 is 0.917 bits per heavy atom. The zero-order valence-corrected chi connectivity index (χ0v) is 47.7. The van der Waals surface area contributed by atoms with E-state index in [0.717, 1.165) is 78.8 Å². The van der Waals surface area contributed by atoms with Crippen LogP contribution in [0, 0.1) is 0 Å². The van der Waals surface area contributed by atoms with E-state index in [4.69, 9.17) is 14.2 Å². The average molecular weight is 1150 g/mol. The Morgan fingerprint density at radius 2 is 0.619 bits per heavy atom. The Kier molecular flexibility index (Phi) is 14.5. The first kappa shape index (κ1) is 53.0. The topological polar surface area (TPSA) is 154 Å². The van der Waals surface area contributed by atoms with E-state index in [0.29, 0.717) is 67.6 Å². The zero-order chi connectivity index (χ0) is 57.3. The Bertz CT molecular complexity index is 4220. The molecule has 0 aliphatic heterocycles. The Morgan fingerprint density at radius 1 is 0.333 bits per heavy atom. The molecule has 0 fully saturated rings. The molecule has 0 saturated heterocycles. The van der Waals surface area contributed by atoms with Crippen molar-refractivity contribution in [2.45, 2.75) is 0 Å². The summed E-state index contributed by atoms with van der Waals surface area (Å²) in [7, 11) is 4.76. The van der Waals surface area contributed by atoms with Gasteiger partial charge in [-0.25, -0.2) is 0 Å². The number of carbonyl (C=O) groups excluding carboxylic acids is 3. The number of amides is 3. The largest absolute Gasteiger partial charge is 0.497 e. The monoisotopic (exact) mass is 1150 g/mol. The molecule has 0 aliphatic rings. The van der Waals surface area contributed by atoms with E-state index in [2.05, 4.69) is 67.3 Å². The van der Waals surface area contributed by atoms with Gasteiger partial charge in [-0.15, -0.1) is 34.0 Å². The standard InChI is InChI=1S/C69H48N6O6S3/c1-79-46-19-22-49(52(37-46)67(76)73-55-16-4-10-40-13-7-31-70-64(40)55)61-28-25-58(82-61)43-34-44(59-26-29-62(83-59)50-23-20-47(80-2)38-53(50)68(77)74-56-17-5-11-41-14-8-32-71-65(41)56)36-45(35-43)60-27-30-63(84-60)51-24-21-48(81-3)39-54(51)69(78)75-57-18-6-12-42-15-9-33-72-66(42)57/h4-39H,1-3H3,(H,73,76)(H,74,77)(H,75,78). The van der Waals surface area contributed by atoms with Crippen molar-refractivity contribution in [3.05, 3.63) is 235 Å². The van der Waals surface area contributed by atoms with Gasteiger partial charge in [-0.05, 0) is 162 Å². The van der Waals surface area contributed by atoms with Crippen molar-refractivity contribution in [2.24, 2.45) is 0 Å². The van der Waals surface area contributed by atoms with Gasteiger partial charge in [0.25, 0.3) is 17.7 Å². The maximum atomic E-state index is 14.4. The SMILES string of the molecule is COc1ccc(-c2ccc(-c3cc(-c4ccc(-c5ccc(OC)cc5C(=O)Nc5cccc6cccnc56)s4)cc(-c4ccc(-c5ccc(OC)cc5C(=O)Nc5cccc6cccnc56)s4)c3)s2)c(C(=O)Nc2cccc3cccnc23)c1. The highest BCUT2D eigenvalue weighted by atomic mass is 32.1. The molecular weight excluding hydrogens is 1100 g/mol. The number of hydrogen-bond acceptors (Lipinski definition) is 12. The summed E-state index contributed by atoms with van der Waals surface area (Å²) in [5.74, 6) is 0.759. The van der Waals surface area contributed by atoms with Crippen molar-refractivity contribution in [3.63, 3.8) is 0 Å². The normalized spacial score (nSPS) is 11.2. The maximum Gasteiger partial charge on any atom is 0.256 e. The number of ether oxygens (including phenoxy) is 3. The van der Waals surface area contributed by atoms with E-state index < -0.39 is 0 Å². The molecule has 3 amide bonds. The van der Waals surface area contributed by atoms with Crippen LogP contribution in [-0.2, 0) is 0 Å². The number of para-hydroxylation sites is 3. The Hall–Kier alpha value is -10.3. The van der Waals surface area contributed by atoms with Gasteiger partial charge in [-0.2, -0.15) is 0 Å². The summed E-state index contributed by atoms with van der Waals surface area (Å²) in [5.41, 5.74) is 10.3. The Labute approximate surface area is 494 Å². The van der Waals surface area contributed by atoms with Crippen LogP contribution >= 0.6 is 34.0 Å². The van der Waals surface area contributed by atoms with Gasteiger partial charge >= 0.3 is 0 Å². The molecule has 7 aromatic carbocycles. The third-order valence-corrected chi connectivity index (χ3v) is 18.0. The van der Waals surface area contributed by atoms with Crippen LogP contribution in [0.25, 0.3) is 95.4 Å². The van der Waals surface area contributed by atoms with Crippen LogP contribution < -0.4 is 30.2 Å². The van der Waals surface area contributed by atoms with Gasteiger partial charge in [0.15, 0.2) is 0 Å². The lowest BCUT2D eigenvalue weighted by molar-refractivity contribution is 0.101. The first-order valence-corrected chi connectivity index (χ1v) is 29.1. The summed E-state index contributed by atoms with van der Waals surface area (Å²) < 4.78 is 17.0. The summed E-state index contributed by atoms with van der Waals surface area (Å²) in [6, 6.07) is 64.3. The highest BCUT2D eigenvalue weighted by Gasteiger charge is 2.23. The van der Waals surface area contributed by atoms with Gasteiger partial charge in [0.2, 0.25) is 0 Å². The smallest absolute Gasteiger partial charge is 0.256 e. The summed E-state index contributed by atoms with van der Waals surface area (Å²) in [5, 5.41) is 12.1. The molecule has 6 aromatic heterocycles. The molecule has 84 heavy (non-hydrogen) atoms. The fourth-order valence-electron chi connectivity index (χ4n) is 10.3. The number of thiophene rings is 3. The van der Waals surface area contributed by atoms with Crippen LogP contribution in [0.2, 0.25) is 0 Å². The van der Waals surface area contributed by atoms with E-state index >= 15 is 0 Å². The summed E-state index contributed by atoms with van der Waals surface area (Å²) >= 11 is 4.73. The number of nitrogens with zero attached hydrogens (tertiary/aromatic N) is 3. The molecule has 0 unspecified atom stereocenters. The molecular formula is C69H48N6O6S3. The van der Waals surface area contributed by atoms with Gasteiger partial charge in [-0.1, -0.05) is 54.6 Å². The van der Waals surface area contributed by atoms with Gasteiger partial charge in [0.05, 0.1) is 71.6 Å². The molecule has 408 valence electrons. The second kappa shape index (κ2) is 22.9. The van der Waals surface area contributed by atoms with Gasteiger partial charge < -0.3 is 30.2 Å². The summed E-state index contributed by atoms with van der Waals surface area (Å²) in [6.45, 7) is 0. The van der Waals surface area contributed by atoms with Crippen molar-refractivity contribution in [2.75, 3.05) is 37.3 Å². The van der Waals surface area contributed by atoms with Crippen LogP contribution in [0.4, 0.5) is 17.1 Å². The predicted octanol–water partition coefficient (Wildman–Crippen LogP) is 17.3. The molecule has 12 nitrogen and oxygen atoms in total. The van der Waals surface area contributed by atoms with E-state index in [1.54, 1.807) is 92.1 Å². The van der Waals surface area contributed by atoms with E-state index in [1.165, 1.54) is 0 Å². The fourth-order valence-corrected chi connectivity index (χ4v) is 13.4. The Balaban J connectivity index is 0.889. The predicted molar refractivity (Wildman–Crippen MR) is 341 cm³/mol. The first-order valence-electron chi connectivity index (χ1n) is 26.6. The second-order valence-electron chi connectivity index (χ2n) is 19.5. The second-order valence-corrected chi connectivity index (χ2v) is 22.8. The van der Waals surface area contributed by atoms with Gasteiger partial charge in [-0.3, -0.25) is 29.3 Å². The van der Waals surface area contributed by atoms with E-state index in [-0.39, 0.29) is 17.7 Å². The number of pyridine rings is 3. The lowest BCUT2D eigenvalue weighted by atomic mass is 10.0. The maximum absolute atomic E-state index is 14.4. The van der Waals surface area contributed by atoms with E-state index in [1.807, 2.05) is 146 Å². The number of fused-ring (bicyclic) bond motifs is 3. The van der Waals surface area contributed by atoms with Crippen LogP contribution in [0.5, 0.6) is 17.2 Å². The third kappa shape index (κ3) is 10.5. The van der Waals surface area contributed by atoms with Crippen LogP contribution in [-0.4, -0.2) is 54.0 Å². The van der Waals surface area contributed by atoms with Crippen LogP contribution in [0.1, 0.15) is 31.1 Å². The number of anilines is 3. The molecule has 13 rings (SSSR count). The zero-order valence-electron chi connectivity index (χ0n) is 45.3. The number of nitrogens with one attached hydrogen (secondary N) is 3. The van der Waals surface area contributed by atoms with Crippen LogP contribution in [0.15, 0.2) is 219 Å². The molecule has 0 saturated carbocycles. The van der Waals surface area contributed by atoms with Crippen molar-refractivity contribution in [1.82, 2.24) is 15.0 Å². The summed E-state index contributed by atoms with van der Waals surface area (Å²) in [4.78, 5) is 62.5. The molecule has 0 bridgehead atoms. The average Bonchev–Trinajstić information content (AvgIpc) is 4.41. The number of carbonyl (C=O) groups is 3. The van der Waals surface area contributed by atoms with Crippen LogP contribution in [0.3, 0.4) is 0 Å². The highest BCUT2D eigenvalue weighted by molar-refractivity contribution is 7.20. The quantitative estimate of drug-likeness (QED) is 0.0910. The molecule has 3 N–H and O–H groups in total. The van der Waals surface area contributed by atoms with Crippen molar-refractivity contribution < 1.29 is 28.6 Å². The molecule has 0 aliphatic carbocycles. The van der Waals surface area contributed by atoms with Crippen molar-refractivity contribution in [1.29, 1.82) is 0 Å². The fraction of sp³-hybridized carbons (Fsp3) is 0.0435. The lowest BCUT2D eigenvalue weighted by Crippen LogP contribution is -2.13. The molecule has 0 spiro atoms. The minimum Gasteiger partial charge on any atom is -0.497 e. The number of aromatic nitrogens is 3. The van der Waals surface area contributed by atoms with Crippen molar-refractivity contribution >= 4 is 102 Å². The first-order chi connectivity index (χ1) is 41.2. The number of benzene rings is 7. The van der Waals surface area contributed by atoms with Gasteiger partial charge in [0, 0.05) is 80.7 Å². The number of methoxy groups -OCH3 is 3. The molecule has 0 atom stereocenters. The molecule has 13 aromatic rings. The molecule has 15 heteroatoms.